The molecular weight excluding hydrogens is 456 g/mol. The zero-order chi connectivity index (χ0) is 23.1. The molecule has 0 unspecified atom stereocenters. The fourth-order valence-corrected chi connectivity index (χ4v) is 5.93. The molecule has 2 aliphatic heterocycles. The van der Waals surface area contributed by atoms with E-state index in [-0.39, 0.29) is 0 Å². The number of nitrogens with zero attached hydrogens (tertiary/aromatic N) is 2. The summed E-state index contributed by atoms with van der Waals surface area (Å²) in [7, 11) is 0. The fourth-order valence-electron chi connectivity index (χ4n) is 3.99. The van der Waals surface area contributed by atoms with Crippen molar-refractivity contribution in [3.05, 3.63) is 96.1 Å². The largest absolute Gasteiger partial charge is 0.354 e. The first-order valence-electron chi connectivity index (χ1n) is 11.1. The van der Waals surface area contributed by atoms with Gasteiger partial charge in [-0.3, -0.25) is 0 Å². The summed E-state index contributed by atoms with van der Waals surface area (Å²) in [5.74, 6) is 0. The molecule has 2 aliphatic rings. The normalized spacial score (nSPS) is 14.2. The molecule has 4 aromatic carbocycles. The lowest BCUT2D eigenvalue weighted by molar-refractivity contribution is 1.21. The first-order valence-corrected chi connectivity index (χ1v) is 12.7. The predicted molar refractivity (Wildman–Crippen MR) is 145 cm³/mol. The third kappa shape index (κ3) is 4.00. The Bertz CT molecular complexity index is 1380. The van der Waals surface area contributed by atoms with Crippen molar-refractivity contribution in [3.63, 3.8) is 0 Å². The quantitative estimate of drug-likeness (QED) is 0.198. The first kappa shape index (κ1) is 21.1. The Kier molecular flexibility index (Phi) is 5.40. The van der Waals surface area contributed by atoms with E-state index in [0.717, 1.165) is 45.3 Å². The zero-order valence-electron chi connectivity index (χ0n) is 18.8. The molecular formula is C28H22N4S2. The zero-order valence-corrected chi connectivity index (χ0v) is 20.4. The number of fused-ring (bicyclic) bond motifs is 4. The highest BCUT2D eigenvalue weighted by atomic mass is 32.2. The second kappa shape index (κ2) is 8.70. The van der Waals surface area contributed by atoms with Crippen LogP contribution in [0.5, 0.6) is 0 Å². The Morgan fingerprint density at radius 3 is 1.41 bits per heavy atom. The van der Waals surface area contributed by atoms with Gasteiger partial charge < -0.3 is 10.6 Å². The maximum atomic E-state index is 4.56. The second-order valence-electron chi connectivity index (χ2n) is 8.24. The van der Waals surface area contributed by atoms with Crippen LogP contribution in [-0.2, 0) is 0 Å². The Hall–Kier alpha value is -3.48. The van der Waals surface area contributed by atoms with Crippen LogP contribution < -0.4 is 10.6 Å². The molecule has 6 rings (SSSR count). The summed E-state index contributed by atoms with van der Waals surface area (Å²) in [5, 5.41) is 16.2. The van der Waals surface area contributed by atoms with Crippen LogP contribution in [0.15, 0.2) is 115 Å². The minimum atomic E-state index is 0.883. The summed E-state index contributed by atoms with van der Waals surface area (Å²) in [6.45, 7) is 4.01. The summed E-state index contributed by atoms with van der Waals surface area (Å²) in [6.07, 6.45) is 0. The van der Waals surface area contributed by atoms with Crippen LogP contribution in [0.3, 0.4) is 0 Å². The summed E-state index contributed by atoms with van der Waals surface area (Å²) in [5.41, 5.74) is 8.38. The van der Waals surface area contributed by atoms with Gasteiger partial charge >= 0.3 is 0 Å². The average molecular weight is 479 g/mol. The molecule has 0 radical (unpaired) electrons. The number of nitrogens with one attached hydrogen (secondary N) is 2. The predicted octanol–water partition coefficient (Wildman–Crippen LogP) is 8.34. The van der Waals surface area contributed by atoms with Gasteiger partial charge in [-0.2, -0.15) is 10.2 Å². The van der Waals surface area contributed by atoms with Gasteiger partial charge in [-0.25, -0.2) is 0 Å². The molecule has 4 aromatic rings. The lowest BCUT2D eigenvalue weighted by Gasteiger charge is -2.21. The van der Waals surface area contributed by atoms with Crippen LogP contribution in [0.1, 0.15) is 25.0 Å². The van der Waals surface area contributed by atoms with E-state index in [4.69, 9.17) is 0 Å². The van der Waals surface area contributed by atoms with Gasteiger partial charge in [0, 0.05) is 19.6 Å². The first-order chi connectivity index (χ1) is 16.6. The van der Waals surface area contributed by atoms with Crippen LogP contribution in [0.4, 0.5) is 22.7 Å². The van der Waals surface area contributed by atoms with Crippen LogP contribution in [-0.4, -0.2) is 11.4 Å². The van der Waals surface area contributed by atoms with Gasteiger partial charge in [-0.05, 0) is 73.5 Å². The summed E-state index contributed by atoms with van der Waals surface area (Å²) < 4.78 is 0. The lowest BCUT2D eigenvalue weighted by atomic mass is 10.1. The molecule has 0 spiro atoms. The van der Waals surface area contributed by atoms with Crippen molar-refractivity contribution in [1.29, 1.82) is 0 Å². The highest BCUT2D eigenvalue weighted by molar-refractivity contribution is 8.00. The minimum absolute atomic E-state index is 0.883. The van der Waals surface area contributed by atoms with E-state index in [1.165, 1.54) is 19.6 Å². The molecule has 2 heterocycles. The lowest BCUT2D eigenvalue weighted by Crippen LogP contribution is -2.03. The fraction of sp³-hybridized carbons (Fsp3) is 0.0714. The molecule has 0 atom stereocenters. The van der Waals surface area contributed by atoms with Gasteiger partial charge in [-0.15, -0.1) is 0 Å². The molecule has 0 fully saturated rings. The number of hydrogen-bond donors (Lipinski definition) is 2. The molecule has 34 heavy (non-hydrogen) atoms. The van der Waals surface area contributed by atoms with Crippen molar-refractivity contribution >= 4 is 57.7 Å². The Morgan fingerprint density at radius 2 is 0.941 bits per heavy atom. The van der Waals surface area contributed by atoms with Gasteiger partial charge in [0.1, 0.15) is 0 Å². The molecule has 0 aliphatic carbocycles. The van der Waals surface area contributed by atoms with Crippen LogP contribution in [0.25, 0.3) is 0 Å². The monoisotopic (exact) mass is 478 g/mol. The second-order valence-corrected chi connectivity index (χ2v) is 10.4. The third-order valence-electron chi connectivity index (χ3n) is 5.90. The van der Waals surface area contributed by atoms with Crippen LogP contribution in [0.2, 0.25) is 0 Å². The molecule has 0 amide bonds. The van der Waals surface area contributed by atoms with Gasteiger partial charge in [0.15, 0.2) is 0 Å². The number of hydrogen-bond acceptors (Lipinski definition) is 6. The van der Waals surface area contributed by atoms with Gasteiger partial charge in [0.05, 0.1) is 34.2 Å². The van der Waals surface area contributed by atoms with E-state index < -0.39 is 0 Å². The molecule has 6 heteroatoms. The topological polar surface area (TPSA) is 48.8 Å². The van der Waals surface area contributed by atoms with Crippen molar-refractivity contribution in [2.45, 2.75) is 33.4 Å². The Morgan fingerprint density at radius 1 is 0.529 bits per heavy atom. The van der Waals surface area contributed by atoms with Crippen molar-refractivity contribution < 1.29 is 0 Å². The van der Waals surface area contributed by atoms with Gasteiger partial charge in [0.25, 0.3) is 0 Å². The SMILES string of the molecule is C/C(=N\N=C(/C)c1ccc2c(c1)Nc1ccccc1S2)c1ccc2c(c1)Nc1ccccc1S2. The molecule has 4 nitrogen and oxygen atoms in total. The Balaban J connectivity index is 1.23. The van der Waals surface area contributed by atoms with Crippen molar-refractivity contribution in [2.75, 3.05) is 10.6 Å². The minimum Gasteiger partial charge on any atom is -0.354 e. The molecule has 166 valence electrons. The van der Waals surface area contributed by atoms with E-state index >= 15 is 0 Å². The molecule has 0 bridgehead atoms. The Labute approximate surface area is 207 Å². The maximum Gasteiger partial charge on any atom is 0.0672 e. The highest BCUT2D eigenvalue weighted by Crippen LogP contribution is 2.45. The molecule has 0 saturated heterocycles. The summed E-state index contributed by atoms with van der Waals surface area (Å²) in [4.78, 5) is 4.93. The number of para-hydroxylation sites is 2. The smallest absolute Gasteiger partial charge is 0.0672 e. The summed E-state index contributed by atoms with van der Waals surface area (Å²) >= 11 is 3.58. The van der Waals surface area contributed by atoms with Crippen molar-refractivity contribution in [3.8, 4) is 0 Å². The standard InChI is InChI=1S/C28H22N4S2/c1-17(19-11-13-27-23(15-19)29-21-7-3-5-9-25(21)33-27)31-32-18(2)20-12-14-28-24(16-20)30-22-8-4-6-10-26(22)34-28/h3-16,29-30H,1-2H3/b31-17+,32-18+. The van der Waals surface area contributed by atoms with Gasteiger partial charge in [0.2, 0.25) is 0 Å². The number of anilines is 4. The van der Waals surface area contributed by atoms with E-state index in [1.807, 2.05) is 13.8 Å². The van der Waals surface area contributed by atoms with Crippen molar-refractivity contribution in [1.82, 2.24) is 0 Å². The van der Waals surface area contributed by atoms with E-state index in [1.54, 1.807) is 23.5 Å². The van der Waals surface area contributed by atoms with E-state index in [2.05, 4.69) is 106 Å². The number of rotatable bonds is 3. The molecule has 0 aromatic heterocycles. The van der Waals surface area contributed by atoms with Gasteiger partial charge in [-0.1, -0.05) is 59.9 Å². The van der Waals surface area contributed by atoms with Crippen molar-refractivity contribution in [2.24, 2.45) is 10.2 Å². The highest BCUT2D eigenvalue weighted by Gasteiger charge is 2.17. The summed E-state index contributed by atoms with van der Waals surface area (Å²) in [6, 6.07) is 29.6. The molecule has 0 saturated carbocycles. The molecule has 2 N–H and O–H groups in total. The maximum absolute atomic E-state index is 4.56. The van der Waals surface area contributed by atoms with Crippen LogP contribution >= 0.6 is 23.5 Å². The number of benzene rings is 4. The van der Waals surface area contributed by atoms with Crippen LogP contribution in [0, 0.1) is 0 Å². The van der Waals surface area contributed by atoms with E-state index in [9.17, 15) is 0 Å². The third-order valence-corrected chi connectivity index (χ3v) is 8.20. The average Bonchev–Trinajstić information content (AvgIpc) is 2.88. The van der Waals surface area contributed by atoms with E-state index in [0.29, 0.717) is 0 Å².